The first-order chi connectivity index (χ1) is 17.6. The largest absolute Gasteiger partial charge is 0.426 e. The summed E-state index contributed by atoms with van der Waals surface area (Å²) in [7, 11) is 0. The van der Waals surface area contributed by atoms with Gasteiger partial charge in [0.25, 0.3) is 0 Å². The summed E-state index contributed by atoms with van der Waals surface area (Å²) in [6.45, 7) is 9.09. The molecule has 0 spiro atoms. The third kappa shape index (κ3) is 9.34. The zero-order chi connectivity index (χ0) is 25.6. The molecule has 0 fully saturated rings. The van der Waals surface area contributed by atoms with Crippen LogP contribution in [-0.2, 0) is 24.1 Å². The lowest BCUT2D eigenvalue weighted by atomic mass is 9.86. The quantitative estimate of drug-likeness (QED) is 0.157. The number of ether oxygens (including phenoxy) is 1. The van der Waals surface area contributed by atoms with Crippen LogP contribution in [0.25, 0.3) is 0 Å². The van der Waals surface area contributed by atoms with Crippen LogP contribution < -0.4 is 4.74 Å². The highest BCUT2D eigenvalue weighted by atomic mass is 32.1. The van der Waals surface area contributed by atoms with Crippen molar-refractivity contribution in [2.75, 3.05) is 13.1 Å². The number of rotatable bonds is 17. The van der Waals surface area contributed by atoms with E-state index in [1.165, 1.54) is 60.9 Å². The van der Waals surface area contributed by atoms with E-state index in [9.17, 15) is 4.79 Å². The number of thiophene rings is 1. The van der Waals surface area contributed by atoms with Crippen LogP contribution in [0.2, 0.25) is 0 Å². The van der Waals surface area contributed by atoms with Crippen LogP contribution in [-0.4, -0.2) is 30.0 Å². The van der Waals surface area contributed by atoms with E-state index in [4.69, 9.17) is 4.74 Å². The molecule has 1 unspecified atom stereocenters. The van der Waals surface area contributed by atoms with Crippen LogP contribution in [0.5, 0.6) is 5.75 Å². The molecule has 1 aliphatic carbocycles. The zero-order valence-electron chi connectivity index (χ0n) is 23.1. The molecular weight excluding hydrogens is 462 g/mol. The SMILES string of the molecule is CCCCC(CCCC)CCCC(=O)Oc1cccc2c1CCC(N(CCC)CCc1cccs1)C2. The lowest BCUT2D eigenvalue weighted by molar-refractivity contribution is -0.134. The van der Waals surface area contributed by atoms with Gasteiger partial charge in [0.2, 0.25) is 0 Å². The molecule has 1 atom stereocenters. The number of unbranched alkanes of at least 4 members (excludes halogenated alkanes) is 2. The van der Waals surface area contributed by atoms with Crippen LogP contribution in [0.15, 0.2) is 35.7 Å². The van der Waals surface area contributed by atoms with Crippen molar-refractivity contribution >= 4 is 17.3 Å². The second-order valence-corrected chi connectivity index (χ2v) is 11.7. The Morgan fingerprint density at radius 3 is 2.47 bits per heavy atom. The second-order valence-electron chi connectivity index (χ2n) is 10.7. The van der Waals surface area contributed by atoms with Crippen molar-refractivity contribution in [3.63, 3.8) is 0 Å². The number of hydrogen-bond donors (Lipinski definition) is 0. The highest BCUT2D eigenvalue weighted by Crippen LogP contribution is 2.32. The number of fused-ring (bicyclic) bond motifs is 1. The summed E-state index contributed by atoms with van der Waals surface area (Å²) in [6.07, 6.45) is 15.9. The molecule has 0 amide bonds. The Labute approximate surface area is 224 Å². The van der Waals surface area contributed by atoms with Crippen LogP contribution in [0.1, 0.15) is 107 Å². The molecule has 0 saturated carbocycles. The molecule has 2 aromatic rings. The summed E-state index contributed by atoms with van der Waals surface area (Å²) in [6, 6.07) is 11.3. The van der Waals surface area contributed by atoms with E-state index in [1.54, 1.807) is 0 Å². The first kappa shape index (κ1) is 28.9. The number of carbonyl (C=O) groups is 1. The van der Waals surface area contributed by atoms with Crippen molar-refractivity contribution in [2.24, 2.45) is 5.92 Å². The monoisotopic (exact) mass is 511 g/mol. The maximum absolute atomic E-state index is 12.7. The van der Waals surface area contributed by atoms with E-state index in [2.05, 4.69) is 55.3 Å². The number of esters is 1. The van der Waals surface area contributed by atoms with Crippen molar-refractivity contribution in [1.29, 1.82) is 0 Å². The maximum Gasteiger partial charge on any atom is 0.311 e. The van der Waals surface area contributed by atoms with Gasteiger partial charge in [-0.05, 0) is 86.0 Å². The molecule has 3 nitrogen and oxygen atoms in total. The van der Waals surface area contributed by atoms with Crippen molar-refractivity contribution in [3.8, 4) is 5.75 Å². The molecule has 36 heavy (non-hydrogen) atoms. The summed E-state index contributed by atoms with van der Waals surface area (Å²) < 4.78 is 5.95. The molecule has 0 N–H and O–H groups in total. The first-order valence-electron chi connectivity index (χ1n) is 14.7. The lowest BCUT2D eigenvalue weighted by Crippen LogP contribution is -2.41. The highest BCUT2D eigenvalue weighted by molar-refractivity contribution is 7.09. The Balaban J connectivity index is 1.52. The van der Waals surface area contributed by atoms with Crippen molar-refractivity contribution in [1.82, 2.24) is 4.90 Å². The molecule has 0 aliphatic heterocycles. The molecule has 4 heteroatoms. The Kier molecular flexibility index (Phi) is 13.0. The fourth-order valence-electron chi connectivity index (χ4n) is 5.76. The summed E-state index contributed by atoms with van der Waals surface area (Å²) >= 11 is 1.86. The topological polar surface area (TPSA) is 29.5 Å². The fraction of sp³-hybridized carbons (Fsp3) is 0.656. The number of hydrogen-bond acceptors (Lipinski definition) is 4. The van der Waals surface area contributed by atoms with E-state index in [0.717, 1.165) is 63.3 Å². The van der Waals surface area contributed by atoms with Crippen LogP contribution >= 0.6 is 11.3 Å². The molecule has 3 rings (SSSR count). The number of carbonyl (C=O) groups excluding carboxylic acids is 1. The molecular formula is C32H49NO2S. The molecule has 1 aromatic heterocycles. The molecule has 0 bridgehead atoms. The minimum Gasteiger partial charge on any atom is -0.426 e. The Morgan fingerprint density at radius 2 is 1.78 bits per heavy atom. The van der Waals surface area contributed by atoms with Gasteiger partial charge in [-0.3, -0.25) is 9.69 Å². The normalized spacial score (nSPS) is 15.4. The van der Waals surface area contributed by atoms with Crippen molar-refractivity contribution in [3.05, 3.63) is 51.7 Å². The van der Waals surface area contributed by atoms with Gasteiger partial charge < -0.3 is 4.74 Å². The molecule has 1 aromatic carbocycles. The van der Waals surface area contributed by atoms with Gasteiger partial charge in [0.1, 0.15) is 5.75 Å². The second kappa shape index (κ2) is 16.2. The average Bonchev–Trinajstić information content (AvgIpc) is 3.41. The van der Waals surface area contributed by atoms with Gasteiger partial charge in [-0.15, -0.1) is 11.3 Å². The van der Waals surface area contributed by atoms with E-state index >= 15 is 0 Å². The minimum atomic E-state index is -0.0567. The third-order valence-electron chi connectivity index (χ3n) is 7.81. The Hall–Kier alpha value is -1.65. The lowest BCUT2D eigenvalue weighted by Gasteiger charge is -2.35. The summed E-state index contributed by atoms with van der Waals surface area (Å²) in [5.41, 5.74) is 2.63. The number of benzene rings is 1. The fourth-order valence-corrected chi connectivity index (χ4v) is 6.46. The zero-order valence-corrected chi connectivity index (χ0v) is 23.9. The van der Waals surface area contributed by atoms with E-state index in [0.29, 0.717) is 12.5 Å². The van der Waals surface area contributed by atoms with E-state index in [-0.39, 0.29) is 5.97 Å². The predicted octanol–water partition coefficient (Wildman–Crippen LogP) is 8.63. The molecule has 0 radical (unpaired) electrons. The predicted molar refractivity (Wildman–Crippen MR) is 154 cm³/mol. The summed E-state index contributed by atoms with van der Waals surface area (Å²) in [5, 5.41) is 2.18. The standard InChI is InChI=1S/C32H49NO2S/c1-4-7-12-26(13-8-5-2)14-9-18-32(34)35-31-17-10-15-27-25-28(19-20-30(27)31)33(22-6-3)23-21-29-16-11-24-36-29/h10-11,15-17,24,26,28H,4-9,12-14,18-23,25H2,1-3H3. The Bertz CT molecular complexity index is 870. The first-order valence-corrected chi connectivity index (χ1v) is 15.6. The smallest absolute Gasteiger partial charge is 0.311 e. The summed E-state index contributed by atoms with van der Waals surface area (Å²) in [5.74, 6) is 1.52. The summed E-state index contributed by atoms with van der Waals surface area (Å²) in [4.78, 5) is 16.9. The van der Waals surface area contributed by atoms with Crippen LogP contribution in [0.3, 0.4) is 0 Å². The van der Waals surface area contributed by atoms with Gasteiger partial charge in [0, 0.05) is 23.9 Å². The number of nitrogens with zero attached hydrogens (tertiary/aromatic N) is 1. The van der Waals surface area contributed by atoms with Crippen LogP contribution in [0, 0.1) is 5.92 Å². The Morgan fingerprint density at radius 1 is 1.00 bits per heavy atom. The third-order valence-corrected chi connectivity index (χ3v) is 8.75. The molecule has 0 saturated heterocycles. The van der Waals surface area contributed by atoms with E-state index < -0.39 is 0 Å². The van der Waals surface area contributed by atoms with Gasteiger partial charge in [-0.2, -0.15) is 0 Å². The van der Waals surface area contributed by atoms with Gasteiger partial charge in [0.15, 0.2) is 0 Å². The maximum atomic E-state index is 12.7. The molecule has 1 aliphatic rings. The van der Waals surface area contributed by atoms with Gasteiger partial charge in [-0.25, -0.2) is 0 Å². The highest BCUT2D eigenvalue weighted by Gasteiger charge is 2.26. The van der Waals surface area contributed by atoms with Gasteiger partial charge in [0.05, 0.1) is 0 Å². The van der Waals surface area contributed by atoms with E-state index in [1.807, 2.05) is 17.4 Å². The average molecular weight is 512 g/mol. The van der Waals surface area contributed by atoms with Crippen molar-refractivity contribution < 1.29 is 9.53 Å². The van der Waals surface area contributed by atoms with Gasteiger partial charge >= 0.3 is 5.97 Å². The molecule has 1 heterocycles. The minimum absolute atomic E-state index is 0.0567. The molecule has 200 valence electrons. The van der Waals surface area contributed by atoms with Crippen LogP contribution in [0.4, 0.5) is 0 Å². The van der Waals surface area contributed by atoms with Gasteiger partial charge in [-0.1, -0.05) is 77.5 Å². The van der Waals surface area contributed by atoms with Crippen molar-refractivity contribution in [2.45, 2.75) is 117 Å².